The fourth-order valence-corrected chi connectivity index (χ4v) is 0.865. The van der Waals surface area contributed by atoms with Crippen LogP contribution in [0.15, 0.2) is 0 Å². The summed E-state index contributed by atoms with van der Waals surface area (Å²) >= 11 is 5.34. The zero-order valence-corrected chi connectivity index (χ0v) is 10.7. The average Bonchev–Trinajstić information content (AvgIpc) is 2.19. The van der Waals surface area contributed by atoms with Crippen LogP contribution < -0.4 is 10.6 Å². The molecule has 0 fully saturated rings. The lowest BCUT2D eigenvalue weighted by atomic mass is 9.96. The van der Waals surface area contributed by atoms with E-state index in [1.165, 1.54) is 0 Å². The Kier molecular flexibility index (Phi) is 6.88. The van der Waals surface area contributed by atoms with Crippen molar-refractivity contribution in [2.45, 2.75) is 20.8 Å². The van der Waals surface area contributed by atoms with Crippen molar-refractivity contribution < 1.29 is 14.3 Å². The van der Waals surface area contributed by atoms with Crippen LogP contribution in [0, 0.1) is 5.41 Å². The number of rotatable bonds is 5. The Balaban J connectivity index is 3.54. The van der Waals surface area contributed by atoms with E-state index < -0.39 is 11.5 Å². The van der Waals surface area contributed by atoms with Crippen LogP contribution in [0.2, 0.25) is 0 Å². The summed E-state index contributed by atoms with van der Waals surface area (Å²) in [6, 6.07) is 0. The van der Waals surface area contributed by atoms with Crippen LogP contribution in [0.5, 0.6) is 0 Å². The first-order chi connectivity index (χ1) is 7.38. The summed E-state index contributed by atoms with van der Waals surface area (Å²) in [6.07, 6.45) is -0.523. The monoisotopic (exact) mass is 250 g/mol. The molecule has 0 aromatic carbocycles. The highest BCUT2D eigenvalue weighted by Gasteiger charge is 2.20. The minimum absolute atomic E-state index is 0.0524. The summed E-state index contributed by atoms with van der Waals surface area (Å²) in [5.41, 5.74) is -0.418. The number of carbonyl (C=O) groups is 2. The van der Waals surface area contributed by atoms with Crippen LogP contribution in [-0.2, 0) is 9.53 Å². The molecule has 2 N–H and O–H groups in total. The summed E-state index contributed by atoms with van der Waals surface area (Å²) in [5.74, 6) is 0.220. The molecule has 16 heavy (non-hydrogen) atoms. The van der Waals surface area contributed by atoms with Crippen molar-refractivity contribution in [3.05, 3.63) is 0 Å². The molecule has 0 aromatic heterocycles. The van der Waals surface area contributed by atoms with Crippen LogP contribution in [0.1, 0.15) is 20.8 Å². The molecule has 0 unspecified atom stereocenters. The number of halogens is 1. The third-order valence-corrected chi connectivity index (χ3v) is 1.83. The molecule has 0 radical (unpaired) electrons. The maximum absolute atomic E-state index is 11.4. The smallest absolute Gasteiger partial charge is 0.407 e. The number of alkyl carbamates (subject to hydrolysis) is 1. The quantitative estimate of drug-likeness (QED) is 0.568. The van der Waals surface area contributed by atoms with Crippen LogP contribution in [0.25, 0.3) is 0 Å². The van der Waals surface area contributed by atoms with Crippen LogP contribution in [0.3, 0.4) is 0 Å². The average molecular weight is 251 g/mol. The highest BCUT2D eigenvalue weighted by molar-refractivity contribution is 6.18. The maximum atomic E-state index is 11.4. The van der Waals surface area contributed by atoms with Gasteiger partial charge < -0.3 is 15.4 Å². The van der Waals surface area contributed by atoms with Crippen molar-refractivity contribution in [2.75, 3.05) is 25.6 Å². The van der Waals surface area contributed by atoms with Gasteiger partial charge in [0.25, 0.3) is 0 Å². The first-order valence-corrected chi connectivity index (χ1v) is 5.66. The Morgan fingerprint density at radius 2 is 1.75 bits per heavy atom. The predicted molar refractivity (Wildman–Crippen MR) is 62.5 cm³/mol. The standard InChI is InChI=1S/C10H19ClN2O3/c1-10(2,3)8(14)12-5-6-13-9(15)16-7-4-11/h4-7H2,1-3H3,(H,12,14)(H,13,15). The summed E-state index contributed by atoms with van der Waals surface area (Å²) in [6.45, 7) is 6.37. The molecule has 0 aromatic rings. The first kappa shape index (κ1) is 15.0. The van der Waals surface area contributed by atoms with Gasteiger partial charge in [-0.1, -0.05) is 20.8 Å². The molecular weight excluding hydrogens is 232 g/mol. The highest BCUT2D eigenvalue weighted by atomic mass is 35.5. The third-order valence-electron chi connectivity index (χ3n) is 1.67. The van der Waals surface area contributed by atoms with E-state index in [1.807, 2.05) is 20.8 Å². The fourth-order valence-electron chi connectivity index (χ4n) is 0.788. The van der Waals surface area contributed by atoms with Crippen molar-refractivity contribution in [1.82, 2.24) is 10.6 Å². The van der Waals surface area contributed by atoms with Crippen molar-refractivity contribution in [3.8, 4) is 0 Å². The van der Waals surface area contributed by atoms with Gasteiger partial charge in [0, 0.05) is 18.5 Å². The van der Waals surface area contributed by atoms with E-state index in [0.29, 0.717) is 13.1 Å². The zero-order chi connectivity index (χ0) is 12.6. The van der Waals surface area contributed by atoms with Crippen molar-refractivity contribution >= 4 is 23.6 Å². The van der Waals surface area contributed by atoms with Crippen molar-refractivity contribution in [3.63, 3.8) is 0 Å². The molecule has 5 nitrogen and oxygen atoms in total. The van der Waals surface area contributed by atoms with Gasteiger partial charge in [0.05, 0.1) is 5.88 Å². The van der Waals surface area contributed by atoms with E-state index in [1.54, 1.807) is 0 Å². The Morgan fingerprint density at radius 3 is 2.25 bits per heavy atom. The molecule has 94 valence electrons. The number of nitrogens with one attached hydrogen (secondary N) is 2. The Hall–Kier alpha value is -0.970. The molecule has 0 aliphatic rings. The van der Waals surface area contributed by atoms with Crippen LogP contribution >= 0.6 is 11.6 Å². The highest BCUT2D eigenvalue weighted by Crippen LogP contribution is 2.11. The Morgan fingerprint density at radius 1 is 1.19 bits per heavy atom. The maximum Gasteiger partial charge on any atom is 0.407 e. The van der Waals surface area contributed by atoms with Gasteiger partial charge in [-0.2, -0.15) is 0 Å². The third kappa shape index (κ3) is 7.34. The van der Waals surface area contributed by atoms with Gasteiger partial charge in [-0.3, -0.25) is 4.79 Å². The molecule has 0 aliphatic heterocycles. The lowest BCUT2D eigenvalue weighted by molar-refractivity contribution is -0.128. The van der Waals surface area contributed by atoms with E-state index >= 15 is 0 Å². The topological polar surface area (TPSA) is 67.4 Å². The Labute approximate surface area is 101 Å². The van der Waals surface area contributed by atoms with Crippen LogP contribution in [0.4, 0.5) is 4.79 Å². The molecule has 0 bridgehead atoms. The second kappa shape index (κ2) is 7.33. The van der Waals surface area contributed by atoms with E-state index in [9.17, 15) is 9.59 Å². The molecule has 6 heteroatoms. The van der Waals surface area contributed by atoms with E-state index in [2.05, 4.69) is 15.4 Å². The number of amides is 2. The van der Waals surface area contributed by atoms with Gasteiger partial charge in [0.2, 0.25) is 5.91 Å². The number of hydrogen-bond acceptors (Lipinski definition) is 3. The van der Waals surface area contributed by atoms with Gasteiger partial charge in [-0.15, -0.1) is 11.6 Å². The number of ether oxygens (including phenoxy) is 1. The molecule has 2 amide bonds. The molecule has 0 rings (SSSR count). The lowest BCUT2D eigenvalue weighted by Crippen LogP contribution is -2.40. The lowest BCUT2D eigenvalue weighted by Gasteiger charge is -2.17. The number of alkyl halides is 1. The second-order valence-corrected chi connectivity index (χ2v) is 4.64. The first-order valence-electron chi connectivity index (χ1n) is 5.13. The summed E-state index contributed by atoms with van der Waals surface area (Å²) < 4.78 is 4.67. The van der Waals surface area contributed by atoms with Crippen molar-refractivity contribution in [1.29, 1.82) is 0 Å². The van der Waals surface area contributed by atoms with Gasteiger partial charge >= 0.3 is 6.09 Å². The predicted octanol–water partition coefficient (Wildman–Crippen LogP) is 1.11. The number of hydrogen-bond donors (Lipinski definition) is 2. The van der Waals surface area contributed by atoms with Gasteiger partial charge in [-0.05, 0) is 0 Å². The van der Waals surface area contributed by atoms with E-state index in [-0.39, 0.29) is 18.4 Å². The van der Waals surface area contributed by atoms with E-state index in [0.717, 1.165) is 0 Å². The van der Waals surface area contributed by atoms with Crippen molar-refractivity contribution in [2.24, 2.45) is 5.41 Å². The minimum atomic E-state index is -0.523. The summed E-state index contributed by atoms with van der Waals surface area (Å²) in [5, 5.41) is 5.19. The molecule has 0 heterocycles. The Bertz CT molecular complexity index is 239. The second-order valence-electron chi connectivity index (χ2n) is 4.26. The molecule has 0 spiro atoms. The van der Waals surface area contributed by atoms with Gasteiger partial charge in [-0.25, -0.2) is 4.79 Å². The largest absolute Gasteiger partial charge is 0.448 e. The normalized spacial score (nSPS) is 10.8. The molecule has 0 saturated heterocycles. The molecule has 0 aliphatic carbocycles. The minimum Gasteiger partial charge on any atom is -0.448 e. The zero-order valence-electron chi connectivity index (χ0n) is 9.93. The molecular formula is C10H19ClN2O3. The van der Waals surface area contributed by atoms with Crippen LogP contribution in [-0.4, -0.2) is 37.6 Å². The fraction of sp³-hybridized carbons (Fsp3) is 0.800. The van der Waals surface area contributed by atoms with Gasteiger partial charge in [0.15, 0.2) is 0 Å². The SMILES string of the molecule is CC(C)(C)C(=O)NCCNC(=O)OCCCl. The molecule has 0 atom stereocenters. The summed E-state index contributed by atoms with van der Waals surface area (Å²) in [4.78, 5) is 22.3. The molecule has 0 saturated carbocycles. The summed E-state index contributed by atoms with van der Waals surface area (Å²) in [7, 11) is 0. The number of carbonyl (C=O) groups excluding carboxylic acids is 2. The van der Waals surface area contributed by atoms with Gasteiger partial charge in [0.1, 0.15) is 6.61 Å². The van der Waals surface area contributed by atoms with E-state index in [4.69, 9.17) is 11.6 Å².